The fourth-order valence-corrected chi connectivity index (χ4v) is 1.05. The Hall–Kier alpha value is -1.88. The van der Waals surface area contributed by atoms with E-state index in [1.807, 2.05) is 0 Å². The predicted octanol–water partition coefficient (Wildman–Crippen LogP) is 1.08. The van der Waals surface area contributed by atoms with Crippen LogP contribution in [0.15, 0.2) is 29.4 Å². The van der Waals surface area contributed by atoms with Crippen molar-refractivity contribution < 1.29 is 14.7 Å². The Balaban J connectivity index is 2.53. The van der Waals surface area contributed by atoms with E-state index in [0.29, 0.717) is 18.7 Å². The first-order valence-electron chi connectivity index (χ1n) is 4.93. The molecule has 0 aromatic heterocycles. The van der Waals surface area contributed by atoms with Crippen molar-refractivity contribution in [2.75, 3.05) is 13.2 Å². The summed E-state index contributed by atoms with van der Waals surface area (Å²) in [5.74, 6) is -0.959. The summed E-state index contributed by atoms with van der Waals surface area (Å²) in [5, 5.41) is 12.5. The number of carboxylic acids is 1. The van der Waals surface area contributed by atoms with Crippen LogP contribution in [0.4, 0.5) is 0 Å². The number of hydrogen-bond donors (Lipinski definition) is 2. The van der Waals surface area contributed by atoms with Crippen LogP contribution in [-0.4, -0.2) is 30.4 Å². The Bertz CT molecular complexity index is 377. The van der Waals surface area contributed by atoms with E-state index in [0.717, 1.165) is 6.42 Å². The van der Waals surface area contributed by atoms with Crippen LogP contribution in [0.2, 0.25) is 0 Å². The molecule has 5 heteroatoms. The van der Waals surface area contributed by atoms with Gasteiger partial charge in [-0.25, -0.2) is 4.79 Å². The molecule has 0 radical (unpaired) electrons. The van der Waals surface area contributed by atoms with Gasteiger partial charge in [0.05, 0.1) is 11.8 Å². The van der Waals surface area contributed by atoms with E-state index in [1.165, 1.54) is 18.3 Å². The van der Waals surface area contributed by atoms with Crippen molar-refractivity contribution in [1.29, 1.82) is 0 Å². The van der Waals surface area contributed by atoms with E-state index < -0.39 is 5.97 Å². The number of rotatable bonds is 6. The molecule has 0 unspecified atom stereocenters. The van der Waals surface area contributed by atoms with Crippen LogP contribution in [-0.2, 0) is 4.84 Å². The van der Waals surface area contributed by atoms with Gasteiger partial charge in [-0.3, -0.25) is 0 Å². The lowest BCUT2D eigenvalue weighted by Crippen LogP contribution is -2.02. The molecule has 0 fully saturated rings. The molecule has 1 aromatic rings. The molecule has 0 bridgehead atoms. The van der Waals surface area contributed by atoms with Gasteiger partial charge in [-0.15, -0.1) is 0 Å². The maximum Gasteiger partial charge on any atom is 0.335 e. The number of hydrogen-bond acceptors (Lipinski definition) is 4. The summed E-state index contributed by atoms with van der Waals surface area (Å²) in [4.78, 5) is 15.6. The number of oxime groups is 1. The summed E-state index contributed by atoms with van der Waals surface area (Å²) >= 11 is 0. The zero-order valence-electron chi connectivity index (χ0n) is 8.80. The molecule has 3 N–H and O–H groups in total. The first-order valence-corrected chi connectivity index (χ1v) is 4.93. The van der Waals surface area contributed by atoms with Crippen LogP contribution in [0.5, 0.6) is 0 Å². The quantitative estimate of drug-likeness (QED) is 0.428. The van der Waals surface area contributed by atoms with Gasteiger partial charge in [-0.2, -0.15) is 0 Å². The SMILES string of the molecule is NCCCO/N=C\c1cccc(C(=O)O)c1. The topological polar surface area (TPSA) is 84.9 Å². The molecule has 0 aliphatic carbocycles. The van der Waals surface area contributed by atoms with Crippen molar-refractivity contribution in [1.82, 2.24) is 0 Å². The molecule has 0 heterocycles. The minimum atomic E-state index is -0.959. The first kappa shape index (κ1) is 12.2. The van der Waals surface area contributed by atoms with Crippen LogP contribution in [0.1, 0.15) is 22.3 Å². The Morgan fingerprint density at radius 2 is 2.38 bits per heavy atom. The summed E-state index contributed by atoms with van der Waals surface area (Å²) in [6.45, 7) is 1.02. The lowest BCUT2D eigenvalue weighted by atomic mass is 10.1. The lowest BCUT2D eigenvalue weighted by molar-refractivity contribution is 0.0697. The van der Waals surface area contributed by atoms with Crippen molar-refractivity contribution in [3.63, 3.8) is 0 Å². The van der Waals surface area contributed by atoms with Crippen LogP contribution in [0.3, 0.4) is 0 Å². The fourth-order valence-electron chi connectivity index (χ4n) is 1.05. The first-order chi connectivity index (χ1) is 7.74. The van der Waals surface area contributed by atoms with Gasteiger partial charge in [-0.05, 0) is 30.7 Å². The average Bonchev–Trinajstić information content (AvgIpc) is 2.29. The van der Waals surface area contributed by atoms with E-state index in [9.17, 15) is 4.79 Å². The van der Waals surface area contributed by atoms with E-state index in [2.05, 4.69) is 5.16 Å². The number of aromatic carboxylic acids is 1. The maximum absolute atomic E-state index is 10.7. The highest BCUT2D eigenvalue weighted by molar-refractivity contribution is 5.90. The van der Waals surface area contributed by atoms with E-state index in [4.69, 9.17) is 15.7 Å². The van der Waals surface area contributed by atoms with Crippen molar-refractivity contribution in [3.8, 4) is 0 Å². The summed E-state index contributed by atoms with van der Waals surface area (Å²) in [5.41, 5.74) is 6.19. The molecule has 0 atom stereocenters. The number of carbonyl (C=O) groups is 1. The van der Waals surface area contributed by atoms with E-state index in [-0.39, 0.29) is 5.56 Å². The number of carboxylic acid groups (broad SMARTS) is 1. The molecule has 16 heavy (non-hydrogen) atoms. The summed E-state index contributed by atoms with van der Waals surface area (Å²) < 4.78 is 0. The molecule has 0 saturated carbocycles. The molecule has 86 valence electrons. The highest BCUT2D eigenvalue weighted by Crippen LogP contribution is 2.03. The summed E-state index contributed by atoms with van der Waals surface area (Å²) in [6, 6.07) is 6.46. The standard InChI is InChI=1S/C11H14N2O3/c12-5-2-6-16-13-8-9-3-1-4-10(7-9)11(14)15/h1,3-4,7-8H,2,5-6,12H2,(H,14,15)/b13-8-. The molecule has 0 amide bonds. The Labute approximate surface area is 93.5 Å². The molecule has 0 aliphatic rings. The second kappa shape index (κ2) is 6.58. The third-order valence-corrected chi connectivity index (χ3v) is 1.85. The van der Waals surface area contributed by atoms with Gasteiger partial charge in [0.25, 0.3) is 0 Å². The maximum atomic E-state index is 10.7. The van der Waals surface area contributed by atoms with Crippen LogP contribution in [0.25, 0.3) is 0 Å². The minimum Gasteiger partial charge on any atom is -0.478 e. The van der Waals surface area contributed by atoms with Crippen molar-refractivity contribution >= 4 is 12.2 Å². The van der Waals surface area contributed by atoms with E-state index in [1.54, 1.807) is 12.1 Å². The van der Waals surface area contributed by atoms with Crippen molar-refractivity contribution in [2.45, 2.75) is 6.42 Å². The largest absolute Gasteiger partial charge is 0.478 e. The van der Waals surface area contributed by atoms with Gasteiger partial charge >= 0.3 is 5.97 Å². The monoisotopic (exact) mass is 222 g/mol. The average molecular weight is 222 g/mol. The van der Waals surface area contributed by atoms with Gasteiger partial charge in [0, 0.05) is 0 Å². The van der Waals surface area contributed by atoms with Gasteiger partial charge in [-0.1, -0.05) is 17.3 Å². The zero-order valence-corrected chi connectivity index (χ0v) is 8.80. The zero-order chi connectivity index (χ0) is 11.8. The van der Waals surface area contributed by atoms with Gasteiger partial charge in [0.2, 0.25) is 0 Å². The Kier molecular flexibility index (Phi) is 5.01. The molecule has 0 saturated heterocycles. The molecular weight excluding hydrogens is 208 g/mol. The number of benzene rings is 1. The Morgan fingerprint density at radius 1 is 1.56 bits per heavy atom. The number of nitrogens with two attached hydrogens (primary N) is 1. The van der Waals surface area contributed by atoms with Crippen LogP contribution >= 0.6 is 0 Å². The highest BCUT2D eigenvalue weighted by atomic mass is 16.6. The van der Waals surface area contributed by atoms with Crippen LogP contribution < -0.4 is 5.73 Å². The van der Waals surface area contributed by atoms with Crippen molar-refractivity contribution in [2.24, 2.45) is 10.9 Å². The van der Waals surface area contributed by atoms with Crippen LogP contribution in [0, 0.1) is 0 Å². The molecule has 1 rings (SSSR count). The lowest BCUT2D eigenvalue weighted by Gasteiger charge is -1.97. The van der Waals surface area contributed by atoms with Gasteiger partial charge in [0.1, 0.15) is 6.61 Å². The third kappa shape index (κ3) is 4.10. The second-order valence-corrected chi connectivity index (χ2v) is 3.14. The van der Waals surface area contributed by atoms with E-state index >= 15 is 0 Å². The summed E-state index contributed by atoms with van der Waals surface area (Å²) in [7, 11) is 0. The third-order valence-electron chi connectivity index (χ3n) is 1.85. The second-order valence-electron chi connectivity index (χ2n) is 3.14. The fraction of sp³-hybridized carbons (Fsp3) is 0.273. The minimum absolute atomic E-state index is 0.228. The number of nitrogens with zero attached hydrogens (tertiary/aromatic N) is 1. The molecule has 0 aliphatic heterocycles. The highest BCUT2D eigenvalue weighted by Gasteiger charge is 2.01. The smallest absolute Gasteiger partial charge is 0.335 e. The summed E-state index contributed by atoms with van der Waals surface area (Å²) in [6.07, 6.45) is 2.22. The predicted molar refractivity (Wildman–Crippen MR) is 60.6 cm³/mol. The van der Waals surface area contributed by atoms with Crippen molar-refractivity contribution in [3.05, 3.63) is 35.4 Å². The molecule has 1 aromatic carbocycles. The molecule has 5 nitrogen and oxygen atoms in total. The normalized spacial score (nSPS) is 10.6. The molecular formula is C11H14N2O3. The Morgan fingerprint density at radius 3 is 3.06 bits per heavy atom. The van der Waals surface area contributed by atoms with Gasteiger partial charge in [0.15, 0.2) is 0 Å². The van der Waals surface area contributed by atoms with Gasteiger partial charge < -0.3 is 15.7 Å². The molecule has 0 spiro atoms.